The molecule has 6 nitrogen and oxygen atoms in total. The number of hydrogen-bond donors (Lipinski definition) is 1. The van der Waals surface area contributed by atoms with Crippen LogP contribution in [0.25, 0.3) is 0 Å². The van der Waals surface area contributed by atoms with Gasteiger partial charge in [0, 0.05) is 25.3 Å². The molecule has 0 bridgehead atoms. The molecule has 2 aromatic rings. The van der Waals surface area contributed by atoms with E-state index in [1.165, 1.54) is 5.69 Å². The molecule has 1 aliphatic rings. The van der Waals surface area contributed by atoms with Gasteiger partial charge in [-0.3, -0.25) is 9.69 Å². The maximum Gasteiger partial charge on any atom is 0.224 e. The van der Waals surface area contributed by atoms with E-state index in [2.05, 4.69) is 22.3 Å². The molecule has 2 heterocycles. The summed E-state index contributed by atoms with van der Waals surface area (Å²) in [7, 11) is 3.95. The smallest absolute Gasteiger partial charge is 0.224 e. The maximum atomic E-state index is 12.3. The van der Waals surface area contributed by atoms with E-state index in [0.717, 1.165) is 37.6 Å². The number of carbonyl (C=O) groups excluding carboxylic acids is 1. The molecule has 1 N–H and O–H groups in total. The summed E-state index contributed by atoms with van der Waals surface area (Å²) >= 11 is 0. The number of likely N-dealkylation sites (N-methyl/N-ethyl adjacent to an activating group) is 1. The number of amides is 1. The first-order valence-electron chi connectivity index (χ1n) is 9.01. The third kappa shape index (κ3) is 4.86. The molecular formula is C20H27N3O3. The molecule has 140 valence electrons. The van der Waals surface area contributed by atoms with Gasteiger partial charge in [0.2, 0.25) is 5.91 Å². The van der Waals surface area contributed by atoms with Gasteiger partial charge in [-0.1, -0.05) is 12.1 Å². The fraction of sp³-hybridized carbons (Fsp3) is 0.450. The quantitative estimate of drug-likeness (QED) is 0.822. The average Bonchev–Trinajstić information content (AvgIpc) is 3.17. The lowest BCUT2D eigenvalue weighted by molar-refractivity contribution is -0.120. The Bertz CT molecular complexity index is 677. The highest BCUT2D eigenvalue weighted by atomic mass is 16.5. The van der Waals surface area contributed by atoms with Crippen molar-refractivity contribution in [2.45, 2.75) is 12.5 Å². The van der Waals surface area contributed by atoms with E-state index in [1.54, 1.807) is 6.26 Å². The topological polar surface area (TPSA) is 58.0 Å². The van der Waals surface area contributed by atoms with Gasteiger partial charge in [-0.15, -0.1) is 0 Å². The third-order valence-electron chi connectivity index (χ3n) is 4.66. The van der Waals surface area contributed by atoms with Crippen LogP contribution in [0.2, 0.25) is 0 Å². The van der Waals surface area contributed by atoms with Gasteiger partial charge in [0.05, 0.1) is 31.9 Å². The fourth-order valence-corrected chi connectivity index (χ4v) is 3.12. The lowest BCUT2D eigenvalue weighted by atomic mass is 10.1. The first-order valence-corrected chi connectivity index (χ1v) is 9.01. The summed E-state index contributed by atoms with van der Waals surface area (Å²) in [6.45, 7) is 3.89. The van der Waals surface area contributed by atoms with E-state index in [-0.39, 0.29) is 11.9 Å². The van der Waals surface area contributed by atoms with Gasteiger partial charge in [-0.25, -0.2) is 0 Å². The van der Waals surface area contributed by atoms with Crippen molar-refractivity contribution in [1.29, 1.82) is 0 Å². The molecule has 3 rings (SSSR count). The summed E-state index contributed by atoms with van der Waals surface area (Å²) in [5.74, 6) is 0.868. The number of anilines is 1. The maximum absolute atomic E-state index is 12.3. The van der Waals surface area contributed by atoms with Crippen LogP contribution in [0.4, 0.5) is 5.69 Å². The van der Waals surface area contributed by atoms with Crippen LogP contribution < -0.4 is 10.2 Å². The highest BCUT2D eigenvalue weighted by molar-refractivity contribution is 5.78. The van der Waals surface area contributed by atoms with E-state index in [1.807, 2.05) is 43.3 Å². The van der Waals surface area contributed by atoms with Gasteiger partial charge in [-0.2, -0.15) is 0 Å². The minimum Gasteiger partial charge on any atom is -0.468 e. The summed E-state index contributed by atoms with van der Waals surface area (Å²) < 4.78 is 10.9. The molecule has 0 aliphatic carbocycles. The van der Waals surface area contributed by atoms with Gasteiger partial charge in [0.25, 0.3) is 0 Å². The monoisotopic (exact) mass is 357 g/mol. The fourth-order valence-electron chi connectivity index (χ4n) is 3.12. The molecule has 1 fully saturated rings. The molecule has 1 aromatic heterocycles. The van der Waals surface area contributed by atoms with Crippen molar-refractivity contribution in [3.63, 3.8) is 0 Å². The first-order chi connectivity index (χ1) is 12.6. The molecule has 1 atom stereocenters. The molecule has 1 saturated heterocycles. The minimum absolute atomic E-state index is 0.0162. The molecule has 0 saturated carbocycles. The Morgan fingerprint density at radius 2 is 1.92 bits per heavy atom. The Morgan fingerprint density at radius 3 is 2.54 bits per heavy atom. The molecule has 1 unspecified atom stereocenters. The van der Waals surface area contributed by atoms with Crippen LogP contribution in [-0.4, -0.2) is 57.8 Å². The molecular weight excluding hydrogens is 330 g/mol. The Morgan fingerprint density at radius 1 is 1.19 bits per heavy atom. The number of morpholine rings is 1. The second kappa shape index (κ2) is 8.87. The molecule has 0 spiro atoms. The van der Waals surface area contributed by atoms with E-state index in [9.17, 15) is 4.79 Å². The van der Waals surface area contributed by atoms with Crippen molar-refractivity contribution in [3.8, 4) is 0 Å². The van der Waals surface area contributed by atoms with Crippen LogP contribution in [0.3, 0.4) is 0 Å². The van der Waals surface area contributed by atoms with Gasteiger partial charge in [0.15, 0.2) is 0 Å². The zero-order valence-corrected chi connectivity index (χ0v) is 15.5. The zero-order chi connectivity index (χ0) is 18.4. The second-order valence-corrected chi connectivity index (χ2v) is 6.74. The van der Waals surface area contributed by atoms with Crippen LogP contribution in [0, 0.1) is 0 Å². The summed E-state index contributed by atoms with van der Waals surface area (Å²) in [5, 5.41) is 3.01. The van der Waals surface area contributed by atoms with Crippen molar-refractivity contribution in [2.75, 3.05) is 51.8 Å². The normalized spacial score (nSPS) is 15.9. The Labute approximate surface area is 154 Å². The summed E-state index contributed by atoms with van der Waals surface area (Å²) in [4.78, 5) is 16.7. The Kier molecular flexibility index (Phi) is 6.30. The summed E-state index contributed by atoms with van der Waals surface area (Å²) in [6.07, 6.45) is 2.03. The highest BCUT2D eigenvalue weighted by Gasteiger charge is 2.18. The molecule has 0 radical (unpaired) electrons. The SMILES string of the molecule is CN(C)C(CNC(=O)Cc1ccc(N2CCOCC2)cc1)c1ccco1. The van der Waals surface area contributed by atoms with E-state index in [0.29, 0.717) is 13.0 Å². The lowest BCUT2D eigenvalue weighted by Crippen LogP contribution is -2.36. The minimum atomic E-state index is 0.0162. The van der Waals surface area contributed by atoms with Crippen LogP contribution in [0.5, 0.6) is 0 Å². The molecule has 1 aliphatic heterocycles. The number of ether oxygens (including phenoxy) is 1. The zero-order valence-electron chi connectivity index (χ0n) is 15.5. The van der Waals surface area contributed by atoms with Crippen molar-refractivity contribution >= 4 is 11.6 Å². The number of nitrogens with zero attached hydrogens (tertiary/aromatic N) is 2. The molecule has 6 heteroatoms. The highest BCUT2D eigenvalue weighted by Crippen LogP contribution is 2.18. The Hall–Kier alpha value is -2.31. The number of hydrogen-bond acceptors (Lipinski definition) is 5. The van der Waals surface area contributed by atoms with Crippen molar-refractivity contribution < 1.29 is 13.9 Å². The van der Waals surface area contributed by atoms with Crippen molar-refractivity contribution in [1.82, 2.24) is 10.2 Å². The largest absolute Gasteiger partial charge is 0.468 e. The van der Waals surface area contributed by atoms with Gasteiger partial charge >= 0.3 is 0 Å². The van der Waals surface area contributed by atoms with E-state index in [4.69, 9.17) is 9.15 Å². The standard InChI is InChI=1S/C20H27N3O3/c1-22(2)18(19-4-3-11-26-19)15-21-20(24)14-16-5-7-17(8-6-16)23-9-12-25-13-10-23/h3-8,11,18H,9-10,12-15H2,1-2H3,(H,21,24). The third-order valence-corrected chi connectivity index (χ3v) is 4.66. The predicted molar refractivity (Wildman–Crippen MR) is 101 cm³/mol. The molecule has 1 amide bonds. The van der Waals surface area contributed by atoms with Gasteiger partial charge in [-0.05, 0) is 43.9 Å². The Balaban J connectivity index is 1.51. The molecule has 26 heavy (non-hydrogen) atoms. The number of benzene rings is 1. The summed E-state index contributed by atoms with van der Waals surface area (Å²) in [5.41, 5.74) is 2.20. The van der Waals surface area contributed by atoms with Crippen LogP contribution in [0.1, 0.15) is 17.4 Å². The first kappa shape index (κ1) is 18.5. The van der Waals surface area contributed by atoms with E-state index >= 15 is 0 Å². The number of carbonyl (C=O) groups is 1. The summed E-state index contributed by atoms with van der Waals surface area (Å²) in [6, 6.07) is 12.0. The van der Waals surface area contributed by atoms with Gasteiger partial charge < -0.3 is 19.4 Å². The molecule has 1 aromatic carbocycles. The van der Waals surface area contributed by atoms with Crippen LogP contribution >= 0.6 is 0 Å². The van der Waals surface area contributed by atoms with Crippen LogP contribution in [-0.2, 0) is 16.0 Å². The number of furan rings is 1. The van der Waals surface area contributed by atoms with Crippen molar-refractivity contribution in [3.05, 3.63) is 54.0 Å². The average molecular weight is 357 g/mol. The predicted octanol–water partition coefficient (Wildman–Crippen LogP) is 2.08. The van der Waals surface area contributed by atoms with Crippen LogP contribution in [0.15, 0.2) is 47.1 Å². The van der Waals surface area contributed by atoms with Gasteiger partial charge in [0.1, 0.15) is 5.76 Å². The van der Waals surface area contributed by atoms with Crippen molar-refractivity contribution in [2.24, 2.45) is 0 Å². The van der Waals surface area contributed by atoms with E-state index < -0.39 is 0 Å². The second-order valence-electron chi connectivity index (χ2n) is 6.74. The number of nitrogens with one attached hydrogen (secondary N) is 1. The lowest BCUT2D eigenvalue weighted by Gasteiger charge is -2.28. The number of rotatable bonds is 7.